The highest BCUT2D eigenvalue weighted by Gasteiger charge is 2.70. The molecule has 1 heterocycles. The number of hydrogen-bond donors (Lipinski definition) is 2. The highest BCUT2D eigenvalue weighted by Crippen LogP contribution is 2.74. The van der Waals surface area contributed by atoms with Crippen LogP contribution in [0.15, 0.2) is 22.4 Å². The van der Waals surface area contributed by atoms with Crippen LogP contribution in [0, 0.1) is 51.2 Å². The summed E-state index contributed by atoms with van der Waals surface area (Å²) >= 11 is 0. The van der Waals surface area contributed by atoms with Gasteiger partial charge in [-0.3, -0.25) is 10.2 Å². The molecular formula is C36H55N3O4. The molecule has 2 N–H and O–H groups in total. The number of nitrogens with zero attached hydrogens (tertiary/aromatic N) is 1. The van der Waals surface area contributed by atoms with Gasteiger partial charge in [-0.2, -0.15) is 0 Å². The molecular weight excluding hydrogens is 538 g/mol. The van der Waals surface area contributed by atoms with Gasteiger partial charge in [-0.1, -0.05) is 59.2 Å². The number of ether oxygens (including phenoxy) is 1. The van der Waals surface area contributed by atoms with Crippen LogP contribution in [0.5, 0.6) is 0 Å². The number of fused-ring (bicyclic) bond motifs is 8. The monoisotopic (exact) mass is 593 g/mol. The molecule has 6 rings (SSSR count). The summed E-state index contributed by atoms with van der Waals surface area (Å²) in [6.07, 6.45) is 11.0. The van der Waals surface area contributed by atoms with Crippen molar-refractivity contribution in [1.82, 2.24) is 16.0 Å². The number of hydrazine groups is 1. The molecule has 5 aliphatic carbocycles. The first-order valence-corrected chi connectivity index (χ1v) is 16.8. The fourth-order valence-electron chi connectivity index (χ4n) is 11.6. The maximum absolute atomic E-state index is 14.8. The predicted octanol–water partition coefficient (Wildman–Crippen LogP) is 7.55. The van der Waals surface area contributed by atoms with Gasteiger partial charge in [-0.25, -0.2) is 10.2 Å². The van der Waals surface area contributed by atoms with E-state index in [9.17, 15) is 9.59 Å². The molecule has 7 heteroatoms. The fourth-order valence-corrected chi connectivity index (χ4v) is 11.6. The van der Waals surface area contributed by atoms with E-state index in [0.29, 0.717) is 30.1 Å². The lowest BCUT2D eigenvalue weighted by Crippen LogP contribution is -2.67. The summed E-state index contributed by atoms with van der Waals surface area (Å²) < 4.78 is 11.3. The summed E-state index contributed by atoms with van der Waals surface area (Å²) in [5.41, 5.74) is 7.65. The minimum Gasteiger partial charge on any atom is -0.443 e. The lowest BCUT2D eigenvalue weighted by atomic mass is 9.33. The number of allylic oxidation sites excluding steroid dienone is 2. The van der Waals surface area contributed by atoms with E-state index >= 15 is 0 Å². The Morgan fingerprint density at radius 2 is 1.79 bits per heavy atom. The summed E-state index contributed by atoms with van der Waals surface area (Å²) in [6, 6.07) is 0. The molecule has 7 nitrogen and oxygen atoms in total. The van der Waals surface area contributed by atoms with Gasteiger partial charge >= 0.3 is 6.09 Å². The number of rotatable bonds is 3. The van der Waals surface area contributed by atoms with E-state index in [1.807, 2.05) is 27.0 Å². The second-order valence-corrected chi connectivity index (χ2v) is 17.5. The van der Waals surface area contributed by atoms with Gasteiger partial charge < -0.3 is 9.26 Å². The van der Waals surface area contributed by atoms with Crippen LogP contribution < -0.4 is 10.9 Å². The van der Waals surface area contributed by atoms with Crippen LogP contribution >= 0.6 is 0 Å². The molecule has 3 fully saturated rings. The first-order chi connectivity index (χ1) is 19.9. The third-order valence-electron chi connectivity index (χ3n) is 13.9. The smallest absolute Gasteiger partial charge is 0.422 e. The Kier molecular flexibility index (Phi) is 6.94. The van der Waals surface area contributed by atoms with Gasteiger partial charge in [0, 0.05) is 23.4 Å². The average molecular weight is 594 g/mol. The third-order valence-corrected chi connectivity index (χ3v) is 13.9. The molecule has 0 unspecified atom stereocenters. The molecule has 238 valence electrons. The minimum atomic E-state index is -0.555. The van der Waals surface area contributed by atoms with Gasteiger partial charge in [0.05, 0.1) is 6.20 Å². The molecule has 1 aromatic heterocycles. The van der Waals surface area contributed by atoms with E-state index < -0.39 is 11.7 Å². The third kappa shape index (κ3) is 4.33. The van der Waals surface area contributed by atoms with E-state index in [0.717, 1.165) is 50.7 Å². The quantitative estimate of drug-likeness (QED) is 0.352. The maximum atomic E-state index is 14.8. The SMILES string of the molecule is C[C@@H]1[C@H]2[C@H]3C(=O)C=C4[C@@]5(C)Cc6cnoc6C(C)(C)[C@@H]5CC[C@@]4(C)[C@]3(C)CC[C@@]2(CNNC(=O)OC(C)(C)C)CC[C@H]1C. The standard InChI is InChI=1S/C36H55N3O4/c1-21-11-14-36(20-37-39-30(41)42-31(3,4)5)16-15-35(10)28(27(36)22(21)2)24(40)17-26-33(8)18-23-19-38-43-29(23)32(6,7)25(33)12-13-34(26,35)9/h17,19,21-22,25,27-28,37H,11-16,18,20H2,1-10H3,(H,39,41)/t21-,22+,25+,27+,28-,33+,34-,35-,36-/m1/s1. The summed E-state index contributed by atoms with van der Waals surface area (Å²) in [7, 11) is 0. The van der Waals surface area contributed by atoms with Crippen molar-refractivity contribution in [3.63, 3.8) is 0 Å². The van der Waals surface area contributed by atoms with E-state index in [1.165, 1.54) is 11.1 Å². The summed E-state index contributed by atoms with van der Waals surface area (Å²) in [5, 5.41) is 4.22. The topological polar surface area (TPSA) is 93.5 Å². The summed E-state index contributed by atoms with van der Waals surface area (Å²) in [6.45, 7) is 23.1. The molecule has 5 aliphatic rings. The van der Waals surface area contributed by atoms with Crippen LogP contribution in [0.3, 0.4) is 0 Å². The molecule has 43 heavy (non-hydrogen) atoms. The van der Waals surface area contributed by atoms with Crippen molar-refractivity contribution in [3.05, 3.63) is 29.2 Å². The Morgan fingerprint density at radius 1 is 1.07 bits per heavy atom. The first-order valence-electron chi connectivity index (χ1n) is 16.8. The Hall–Kier alpha value is -2.15. The van der Waals surface area contributed by atoms with E-state index in [2.05, 4.69) is 70.6 Å². The molecule has 0 aromatic carbocycles. The van der Waals surface area contributed by atoms with Crippen molar-refractivity contribution in [2.75, 3.05) is 6.54 Å². The summed E-state index contributed by atoms with van der Waals surface area (Å²) in [4.78, 5) is 27.3. The van der Waals surface area contributed by atoms with Gasteiger partial charge in [0.1, 0.15) is 11.4 Å². The number of ketones is 1. The maximum Gasteiger partial charge on any atom is 0.422 e. The molecule has 0 bridgehead atoms. The Labute approximate surface area is 258 Å². The van der Waals surface area contributed by atoms with Crippen molar-refractivity contribution < 1.29 is 18.8 Å². The molecule has 3 saturated carbocycles. The minimum absolute atomic E-state index is 0.0287. The van der Waals surface area contributed by atoms with Crippen molar-refractivity contribution >= 4 is 11.9 Å². The molecule has 9 atom stereocenters. The number of nitrogens with one attached hydrogen (secondary N) is 2. The average Bonchev–Trinajstić information content (AvgIpc) is 3.36. The van der Waals surface area contributed by atoms with E-state index in [-0.39, 0.29) is 38.9 Å². The van der Waals surface area contributed by atoms with Crippen LogP contribution in [0.1, 0.15) is 119 Å². The summed E-state index contributed by atoms with van der Waals surface area (Å²) in [5.74, 6) is 2.97. The Bertz CT molecular complexity index is 1340. The van der Waals surface area contributed by atoms with Crippen molar-refractivity contribution in [1.29, 1.82) is 0 Å². The number of carbonyl (C=O) groups is 2. The fraction of sp³-hybridized carbons (Fsp3) is 0.806. The van der Waals surface area contributed by atoms with Crippen LogP contribution in [-0.2, 0) is 21.4 Å². The van der Waals surface area contributed by atoms with Gasteiger partial charge in [-0.05, 0) is 117 Å². The molecule has 1 amide bonds. The van der Waals surface area contributed by atoms with Crippen LogP contribution in [0.25, 0.3) is 0 Å². The van der Waals surface area contributed by atoms with Crippen molar-refractivity contribution in [2.45, 2.75) is 125 Å². The molecule has 0 radical (unpaired) electrons. The number of hydrogen-bond acceptors (Lipinski definition) is 6. The lowest BCUT2D eigenvalue weighted by molar-refractivity contribution is -0.177. The highest BCUT2D eigenvalue weighted by atomic mass is 16.6. The Morgan fingerprint density at radius 3 is 2.49 bits per heavy atom. The second-order valence-electron chi connectivity index (χ2n) is 17.5. The van der Waals surface area contributed by atoms with Crippen LogP contribution in [0.2, 0.25) is 0 Å². The van der Waals surface area contributed by atoms with Gasteiger partial charge in [-0.15, -0.1) is 0 Å². The zero-order valence-electron chi connectivity index (χ0n) is 28.3. The van der Waals surface area contributed by atoms with Gasteiger partial charge in [0.15, 0.2) is 5.78 Å². The van der Waals surface area contributed by atoms with Crippen LogP contribution in [-0.4, -0.2) is 29.2 Å². The molecule has 0 aliphatic heterocycles. The van der Waals surface area contributed by atoms with Gasteiger partial charge in [0.25, 0.3) is 0 Å². The van der Waals surface area contributed by atoms with Crippen LogP contribution in [0.4, 0.5) is 4.79 Å². The lowest BCUT2D eigenvalue weighted by Gasteiger charge is -2.70. The van der Waals surface area contributed by atoms with Crippen molar-refractivity contribution in [2.24, 2.45) is 51.2 Å². The van der Waals surface area contributed by atoms with E-state index in [1.54, 1.807) is 0 Å². The zero-order chi connectivity index (χ0) is 31.4. The first kappa shape index (κ1) is 30.9. The molecule has 0 spiro atoms. The number of amides is 1. The largest absolute Gasteiger partial charge is 0.443 e. The normalized spacial score (nSPS) is 43.3. The molecule has 1 aromatic rings. The number of carbonyl (C=O) groups excluding carboxylic acids is 2. The zero-order valence-corrected chi connectivity index (χ0v) is 28.3. The highest BCUT2D eigenvalue weighted by molar-refractivity contribution is 5.95. The van der Waals surface area contributed by atoms with E-state index in [4.69, 9.17) is 9.26 Å². The number of aromatic nitrogens is 1. The second kappa shape index (κ2) is 9.67. The predicted molar refractivity (Wildman–Crippen MR) is 167 cm³/mol. The Balaban J connectivity index is 1.37. The van der Waals surface area contributed by atoms with Crippen molar-refractivity contribution in [3.8, 4) is 0 Å². The molecule has 0 saturated heterocycles. The van der Waals surface area contributed by atoms with Gasteiger partial charge in [0.2, 0.25) is 0 Å².